The van der Waals surface area contributed by atoms with E-state index in [2.05, 4.69) is 9.37 Å². The average Bonchev–Trinajstić information content (AvgIpc) is 1.84. The Morgan fingerprint density at radius 1 is 1.60 bits per heavy atom. The lowest BCUT2D eigenvalue weighted by atomic mass is 10.7. The zero-order valence-electron chi connectivity index (χ0n) is 4.28. The molecular weight excluding hydrogens is 174 g/mol. The van der Waals surface area contributed by atoms with Gasteiger partial charge >= 0.3 is 11.2 Å². The number of halogens is 2. The van der Waals surface area contributed by atoms with Crippen LogP contribution in [0.15, 0.2) is 0 Å². The van der Waals surface area contributed by atoms with Crippen molar-refractivity contribution in [3.05, 3.63) is 0 Å². The Hall–Kier alpha value is -0.440. The van der Waals surface area contributed by atoms with Crippen molar-refractivity contribution in [2.75, 3.05) is 0 Å². The van der Waals surface area contributed by atoms with E-state index in [9.17, 15) is 13.6 Å². The van der Waals surface area contributed by atoms with Crippen LogP contribution in [0.4, 0.5) is 8.78 Å². The van der Waals surface area contributed by atoms with Crippen LogP contribution in [0.5, 0.6) is 0 Å². The normalized spacial score (nSPS) is 11.5. The van der Waals surface area contributed by atoms with Gasteiger partial charge in [0.05, 0.1) is 0 Å². The molecule has 0 amide bonds. The number of hydrogen-bond acceptors (Lipinski definition) is 5. The first-order valence-electron chi connectivity index (χ1n) is 1.78. The molecule has 0 aromatic heterocycles. The highest BCUT2D eigenvalue weighted by Gasteiger charge is 2.42. The predicted octanol–water partition coefficient (Wildman–Crippen LogP) is 0.733. The summed E-state index contributed by atoms with van der Waals surface area (Å²) in [5.74, 6) is -2.38. The molecule has 0 unspecified atom stereocenters. The highest BCUT2D eigenvalue weighted by atomic mass is 32.2. The van der Waals surface area contributed by atoms with Crippen LogP contribution in [-0.4, -0.2) is 21.6 Å². The van der Waals surface area contributed by atoms with E-state index in [1.165, 1.54) is 0 Å². The fourth-order valence-corrected chi connectivity index (χ4v) is 0.281. The summed E-state index contributed by atoms with van der Waals surface area (Å²) in [6.07, 6.45) is 0. The molecule has 0 rings (SSSR count). The minimum absolute atomic E-state index is 0.818. The van der Waals surface area contributed by atoms with Gasteiger partial charge in [-0.2, -0.15) is 8.78 Å². The van der Waals surface area contributed by atoms with Gasteiger partial charge in [-0.15, -0.1) is 4.33 Å². The molecule has 0 atom stereocenters. The maximum atomic E-state index is 11.8. The number of alkyl halides is 2. The number of carbonyl (C=O) groups is 1. The summed E-state index contributed by atoms with van der Waals surface area (Å²) in [7, 11) is 0. The number of rotatable bonds is 4. The Labute approximate surface area is 57.6 Å². The number of carboxylic acid groups (broad SMARTS) is 1. The molecule has 0 spiro atoms. The van der Waals surface area contributed by atoms with Gasteiger partial charge in [0, 0.05) is 0 Å². The summed E-state index contributed by atoms with van der Waals surface area (Å²) in [5, 5.41) is 13.6. The van der Waals surface area contributed by atoms with E-state index in [1.807, 2.05) is 0 Å². The van der Waals surface area contributed by atoms with Gasteiger partial charge in [0.25, 0.3) is 0 Å². The second-order valence-electron chi connectivity index (χ2n) is 1.05. The Bertz CT molecular complexity index is 127. The van der Waals surface area contributed by atoms with Crippen molar-refractivity contribution in [3.63, 3.8) is 0 Å². The second kappa shape index (κ2) is 3.66. The monoisotopic (exact) mass is 176 g/mol. The summed E-state index contributed by atoms with van der Waals surface area (Å²) in [5.41, 5.74) is 0. The van der Waals surface area contributed by atoms with Gasteiger partial charge in [-0.3, -0.25) is 0 Å². The zero-order valence-corrected chi connectivity index (χ0v) is 5.10. The van der Waals surface area contributed by atoms with Crippen LogP contribution in [0.25, 0.3) is 0 Å². The first-order valence-corrected chi connectivity index (χ1v) is 2.52. The first kappa shape index (κ1) is 9.56. The van der Waals surface area contributed by atoms with Crippen molar-refractivity contribution in [1.82, 2.24) is 0 Å². The second-order valence-corrected chi connectivity index (χ2v) is 1.86. The lowest BCUT2D eigenvalue weighted by Crippen LogP contribution is -2.23. The van der Waals surface area contributed by atoms with Gasteiger partial charge in [-0.05, 0) is 0 Å². The Balaban J connectivity index is 3.75. The molecule has 0 aliphatic heterocycles. The van der Waals surface area contributed by atoms with Crippen LogP contribution in [0.2, 0.25) is 0 Å². The third-order valence-corrected chi connectivity index (χ3v) is 0.931. The summed E-state index contributed by atoms with van der Waals surface area (Å²) >= 11 is -0.818. The van der Waals surface area contributed by atoms with Crippen LogP contribution in [0, 0.1) is 0 Å². The molecule has 0 aliphatic rings. The maximum Gasteiger partial charge on any atom is 0.415 e. The van der Waals surface area contributed by atoms with E-state index < -0.39 is 23.3 Å². The zero-order chi connectivity index (χ0) is 8.20. The van der Waals surface area contributed by atoms with Crippen LogP contribution in [0.1, 0.15) is 0 Å². The number of aliphatic carboxylic acids is 1. The molecule has 5 nitrogen and oxygen atoms in total. The smallest absolute Gasteiger partial charge is 0.415 e. The molecule has 0 saturated heterocycles. The number of carboxylic acids is 1. The van der Waals surface area contributed by atoms with Crippen LogP contribution in [-0.2, 0) is 14.2 Å². The van der Waals surface area contributed by atoms with E-state index in [0.29, 0.717) is 0 Å². The van der Waals surface area contributed by atoms with Crippen molar-refractivity contribution in [1.29, 1.82) is 0 Å². The van der Waals surface area contributed by atoms with Gasteiger partial charge in [-0.25, -0.2) is 10.1 Å². The number of hydrogen-bond donors (Lipinski definition) is 2. The summed E-state index contributed by atoms with van der Waals surface area (Å²) in [6, 6.07) is 0. The van der Waals surface area contributed by atoms with Gasteiger partial charge < -0.3 is 5.11 Å². The van der Waals surface area contributed by atoms with Crippen molar-refractivity contribution in [2.24, 2.45) is 0 Å². The third-order valence-electron chi connectivity index (χ3n) is 0.418. The van der Waals surface area contributed by atoms with E-state index in [4.69, 9.17) is 10.4 Å². The van der Waals surface area contributed by atoms with Gasteiger partial charge in [0.15, 0.2) is 0 Å². The molecule has 60 valence electrons. The topological polar surface area (TPSA) is 76.0 Å². The maximum absolute atomic E-state index is 11.8. The van der Waals surface area contributed by atoms with Gasteiger partial charge in [0.2, 0.25) is 0 Å². The van der Waals surface area contributed by atoms with Crippen LogP contribution in [0.3, 0.4) is 0 Å². The summed E-state index contributed by atoms with van der Waals surface area (Å²) < 4.78 is 26.8. The summed E-state index contributed by atoms with van der Waals surface area (Å²) in [4.78, 5) is 9.54. The minimum Gasteiger partial charge on any atom is -0.476 e. The Morgan fingerprint density at radius 2 is 2.10 bits per heavy atom. The predicted molar refractivity (Wildman–Crippen MR) is 25.0 cm³/mol. The molecular formula is C2H2F2O5S. The van der Waals surface area contributed by atoms with Crippen molar-refractivity contribution >= 4 is 18.0 Å². The molecule has 0 fully saturated rings. The van der Waals surface area contributed by atoms with E-state index in [-0.39, 0.29) is 0 Å². The highest BCUT2D eigenvalue weighted by Crippen LogP contribution is 2.29. The van der Waals surface area contributed by atoms with Gasteiger partial charge in [-0.1, -0.05) is 5.04 Å². The molecule has 2 N–H and O–H groups in total. The van der Waals surface area contributed by atoms with Crippen LogP contribution >= 0.6 is 12.0 Å². The Kier molecular flexibility index (Phi) is 3.50. The van der Waals surface area contributed by atoms with Gasteiger partial charge in [0.1, 0.15) is 12.0 Å². The minimum atomic E-state index is -4.12. The molecule has 0 radical (unpaired) electrons. The van der Waals surface area contributed by atoms with Crippen LogP contribution < -0.4 is 0 Å². The molecule has 0 bridgehead atoms. The molecule has 0 aromatic rings. The fourth-order valence-electron chi connectivity index (χ4n) is 0.0936. The fraction of sp³-hybridized carbons (Fsp3) is 0.500. The molecule has 0 aromatic carbocycles. The SMILES string of the molecule is O=C(O)C(F)(F)SOOO. The standard InChI is InChI=1S/C2H2F2O5S/c3-2(4,1(5)6)10-9-8-7/h7H,(H,5,6). The molecule has 0 heterocycles. The molecule has 0 aliphatic carbocycles. The molecule has 8 heteroatoms. The lowest BCUT2D eigenvalue weighted by Gasteiger charge is -2.05. The molecule has 0 saturated carbocycles. The van der Waals surface area contributed by atoms with E-state index in [0.717, 1.165) is 0 Å². The Morgan fingerprint density at radius 3 is 2.40 bits per heavy atom. The van der Waals surface area contributed by atoms with Crippen molar-refractivity contribution < 1.29 is 33.3 Å². The van der Waals surface area contributed by atoms with E-state index >= 15 is 0 Å². The van der Waals surface area contributed by atoms with Crippen molar-refractivity contribution in [2.45, 2.75) is 5.25 Å². The summed E-state index contributed by atoms with van der Waals surface area (Å²) in [6.45, 7) is 0. The molecule has 10 heavy (non-hydrogen) atoms. The van der Waals surface area contributed by atoms with E-state index in [1.54, 1.807) is 0 Å². The largest absolute Gasteiger partial charge is 0.476 e. The van der Waals surface area contributed by atoms with Crippen molar-refractivity contribution in [3.8, 4) is 0 Å². The highest BCUT2D eigenvalue weighted by molar-refractivity contribution is 7.96. The average molecular weight is 176 g/mol. The third kappa shape index (κ3) is 2.92. The first-order chi connectivity index (χ1) is 4.50. The lowest BCUT2D eigenvalue weighted by molar-refractivity contribution is -0.433. The quantitative estimate of drug-likeness (QED) is 0.373.